The molecule has 7 nitrogen and oxygen atoms in total. The lowest BCUT2D eigenvalue weighted by Gasteiger charge is -2.34. The summed E-state index contributed by atoms with van der Waals surface area (Å²) in [6.07, 6.45) is 5.24. The summed E-state index contributed by atoms with van der Waals surface area (Å²) in [6.45, 7) is 5.06. The van der Waals surface area contributed by atoms with Crippen LogP contribution in [0.15, 0.2) is 36.9 Å². The molecule has 0 saturated carbocycles. The van der Waals surface area contributed by atoms with Gasteiger partial charge < -0.3 is 9.64 Å². The van der Waals surface area contributed by atoms with Crippen LogP contribution in [0.1, 0.15) is 5.56 Å². The first-order valence-corrected chi connectivity index (χ1v) is 7.71. The van der Waals surface area contributed by atoms with Crippen LogP contribution in [0, 0.1) is 6.92 Å². The van der Waals surface area contributed by atoms with Crippen LogP contribution in [0.5, 0.6) is 0 Å². The van der Waals surface area contributed by atoms with E-state index in [1.54, 1.807) is 17.2 Å². The lowest BCUT2D eigenvalue weighted by atomic mass is 10.1. The molecule has 0 spiro atoms. The first kappa shape index (κ1) is 14.1. The van der Waals surface area contributed by atoms with E-state index in [1.807, 2.05) is 12.3 Å². The molecule has 23 heavy (non-hydrogen) atoms. The predicted octanol–water partition coefficient (Wildman–Crippen LogP) is 1.44. The average molecular weight is 310 g/mol. The minimum atomic E-state index is 0.0697. The number of morpholine rings is 1. The van der Waals surface area contributed by atoms with Gasteiger partial charge >= 0.3 is 0 Å². The summed E-state index contributed by atoms with van der Waals surface area (Å²) in [5, 5.41) is 8.94. The van der Waals surface area contributed by atoms with Crippen molar-refractivity contribution < 1.29 is 4.74 Å². The minimum absolute atomic E-state index is 0.0697. The van der Waals surface area contributed by atoms with E-state index in [9.17, 15) is 0 Å². The van der Waals surface area contributed by atoms with Crippen molar-refractivity contribution in [1.29, 1.82) is 0 Å². The van der Waals surface area contributed by atoms with Crippen LogP contribution < -0.4 is 4.90 Å². The number of ether oxygens (including phenoxy) is 1. The van der Waals surface area contributed by atoms with Gasteiger partial charge in [-0.05, 0) is 19.1 Å². The van der Waals surface area contributed by atoms with Gasteiger partial charge in [0, 0.05) is 24.7 Å². The van der Waals surface area contributed by atoms with Crippen molar-refractivity contribution in [2.24, 2.45) is 0 Å². The molecule has 3 aromatic rings. The van der Waals surface area contributed by atoms with Gasteiger partial charge in [-0.2, -0.15) is 0 Å². The molecule has 1 saturated heterocycles. The second kappa shape index (κ2) is 5.92. The molecule has 118 valence electrons. The van der Waals surface area contributed by atoms with Crippen LogP contribution >= 0.6 is 0 Å². The smallest absolute Gasteiger partial charge is 0.140 e. The predicted molar refractivity (Wildman–Crippen MR) is 86.3 cm³/mol. The maximum Gasteiger partial charge on any atom is 0.140 e. The fraction of sp³-hybridized carbons (Fsp3) is 0.375. The molecule has 2 aromatic heterocycles. The van der Waals surface area contributed by atoms with Gasteiger partial charge in [-0.1, -0.05) is 16.8 Å². The number of aromatic nitrogens is 5. The molecule has 1 aliphatic heterocycles. The average Bonchev–Trinajstić information content (AvgIpc) is 3.07. The van der Waals surface area contributed by atoms with Gasteiger partial charge in [-0.25, -0.2) is 14.6 Å². The Kier molecular flexibility index (Phi) is 3.63. The molecule has 0 N–H and O–H groups in total. The van der Waals surface area contributed by atoms with E-state index in [0.717, 1.165) is 29.8 Å². The molecule has 1 atom stereocenters. The minimum Gasteiger partial charge on any atom is -0.373 e. The quantitative estimate of drug-likeness (QED) is 0.729. The highest BCUT2D eigenvalue weighted by molar-refractivity contribution is 5.89. The number of aryl methyl sites for hydroxylation is 1. The number of rotatable bonds is 3. The molecular weight excluding hydrogens is 292 g/mol. The van der Waals surface area contributed by atoms with Crippen molar-refractivity contribution in [3.63, 3.8) is 0 Å². The molecule has 1 aromatic carbocycles. The topological polar surface area (TPSA) is 69.0 Å². The first-order valence-electron chi connectivity index (χ1n) is 7.71. The van der Waals surface area contributed by atoms with Gasteiger partial charge in [0.05, 0.1) is 31.0 Å². The molecular formula is C16H18N6O. The zero-order chi connectivity index (χ0) is 15.6. The number of hydrogen-bond donors (Lipinski definition) is 0. The number of nitrogens with zero attached hydrogens (tertiary/aromatic N) is 6. The fourth-order valence-electron chi connectivity index (χ4n) is 2.97. The Balaban J connectivity index is 1.61. The van der Waals surface area contributed by atoms with Crippen molar-refractivity contribution in [3.05, 3.63) is 42.5 Å². The van der Waals surface area contributed by atoms with Crippen molar-refractivity contribution >= 4 is 16.7 Å². The molecule has 1 fully saturated rings. The summed E-state index contributed by atoms with van der Waals surface area (Å²) < 4.78 is 7.67. The van der Waals surface area contributed by atoms with Crippen molar-refractivity contribution in [3.8, 4) is 0 Å². The summed E-state index contributed by atoms with van der Waals surface area (Å²) in [7, 11) is 0. The number of fused-ring (bicyclic) bond motifs is 1. The molecule has 0 aliphatic carbocycles. The van der Waals surface area contributed by atoms with E-state index in [2.05, 4.69) is 44.2 Å². The highest BCUT2D eigenvalue weighted by Gasteiger charge is 2.23. The number of anilines is 1. The highest BCUT2D eigenvalue weighted by Crippen LogP contribution is 2.25. The van der Waals surface area contributed by atoms with Crippen LogP contribution in [0.25, 0.3) is 10.9 Å². The van der Waals surface area contributed by atoms with Crippen molar-refractivity contribution in [2.45, 2.75) is 19.6 Å². The van der Waals surface area contributed by atoms with Gasteiger partial charge in [0.15, 0.2) is 0 Å². The normalized spacial score (nSPS) is 18.5. The summed E-state index contributed by atoms with van der Waals surface area (Å²) in [6, 6.07) is 6.27. The zero-order valence-corrected chi connectivity index (χ0v) is 13.0. The van der Waals surface area contributed by atoms with Gasteiger partial charge in [0.2, 0.25) is 0 Å². The van der Waals surface area contributed by atoms with E-state index in [4.69, 9.17) is 4.74 Å². The second-order valence-corrected chi connectivity index (χ2v) is 5.78. The summed E-state index contributed by atoms with van der Waals surface area (Å²) in [4.78, 5) is 11.2. The molecule has 0 radical (unpaired) electrons. The SMILES string of the molecule is Cc1ccc2ncnc(N3CCO[C@H](Cn4ccnn4)C3)c2c1. The van der Waals surface area contributed by atoms with Gasteiger partial charge in [0.1, 0.15) is 12.1 Å². The molecule has 4 rings (SSSR count). The fourth-order valence-corrected chi connectivity index (χ4v) is 2.97. The van der Waals surface area contributed by atoms with E-state index in [-0.39, 0.29) is 6.10 Å². The van der Waals surface area contributed by atoms with E-state index in [1.165, 1.54) is 5.56 Å². The summed E-state index contributed by atoms with van der Waals surface area (Å²) in [5.41, 5.74) is 2.18. The molecule has 3 heterocycles. The van der Waals surface area contributed by atoms with Gasteiger partial charge in [-0.15, -0.1) is 5.10 Å². The maximum absolute atomic E-state index is 5.87. The number of hydrogen-bond acceptors (Lipinski definition) is 6. The Morgan fingerprint density at radius 1 is 1.30 bits per heavy atom. The van der Waals surface area contributed by atoms with Crippen molar-refractivity contribution in [1.82, 2.24) is 25.0 Å². The lowest BCUT2D eigenvalue weighted by molar-refractivity contribution is 0.0269. The largest absolute Gasteiger partial charge is 0.373 e. The second-order valence-electron chi connectivity index (χ2n) is 5.78. The third-order valence-corrected chi connectivity index (χ3v) is 4.07. The Morgan fingerprint density at radius 2 is 2.26 bits per heavy atom. The summed E-state index contributed by atoms with van der Waals surface area (Å²) in [5.74, 6) is 0.977. The molecule has 0 bridgehead atoms. The van der Waals surface area contributed by atoms with Crippen LogP contribution in [0.4, 0.5) is 5.82 Å². The Hall–Kier alpha value is -2.54. The molecule has 0 unspecified atom stereocenters. The molecule has 7 heteroatoms. The van der Waals surface area contributed by atoms with Crippen molar-refractivity contribution in [2.75, 3.05) is 24.6 Å². The summed E-state index contributed by atoms with van der Waals surface area (Å²) >= 11 is 0. The Bertz CT molecular complexity index is 803. The monoisotopic (exact) mass is 310 g/mol. The van der Waals surface area contributed by atoms with Gasteiger partial charge in [-0.3, -0.25) is 0 Å². The van der Waals surface area contributed by atoms with Crippen LogP contribution in [-0.2, 0) is 11.3 Å². The van der Waals surface area contributed by atoms with E-state index in [0.29, 0.717) is 13.2 Å². The first-order chi connectivity index (χ1) is 11.3. The van der Waals surface area contributed by atoms with Gasteiger partial charge in [0.25, 0.3) is 0 Å². The van der Waals surface area contributed by atoms with E-state index >= 15 is 0 Å². The Labute approximate surface area is 133 Å². The zero-order valence-electron chi connectivity index (χ0n) is 13.0. The lowest BCUT2D eigenvalue weighted by Crippen LogP contribution is -2.44. The Morgan fingerprint density at radius 3 is 3.13 bits per heavy atom. The maximum atomic E-state index is 5.87. The molecule has 1 aliphatic rings. The van der Waals surface area contributed by atoms with Crippen LogP contribution in [0.3, 0.4) is 0 Å². The number of benzene rings is 1. The third kappa shape index (κ3) is 2.87. The van der Waals surface area contributed by atoms with E-state index < -0.39 is 0 Å². The van der Waals surface area contributed by atoms with Crippen LogP contribution in [-0.4, -0.2) is 50.8 Å². The molecule has 0 amide bonds. The van der Waals surface area contributed by atoms with Crippen LogP contribution in [0.2, 0.25) is 0 Å². The third-order valence-electron chi connectivity index (χ3n) is 4.07. The highest BCUT2D eigenvalue weighted by atomic mass is 16.5. The standard InChI is InChI=1S/C16H18N6O/c1-12-2-3-15-14(8-12)16(18-11-17-15)21-6-7-23-13(9-21)10-22-5-4-19-20-22/h2-5,8,11,13H,6-7,9-10H2,1H3/t13-/m0/s1.